The summed E-state index contributed by atoms with van der Waals surface area (Å²) in [6.07, 6.45) is -4.74. The number of thiazole rings is 1. The summed E-state index contributed by atoms with van der Waals surface area (Å²) in [7, 11) is 0. The minimum absolute atomic E-state index is 0.0230. The second kappa shape index (κ2) is 9.54. The van der Waals surface area contributed by atoms with Crippen molar-refractivity contribution in [2.45, 2.75) is 32.7 Å². The molecule has 0 bridgehead atoms. The zero-order chi connectivity index (χ0) is 19.9. The molecule has 27 heavy (non-hydrogen) atoms. The van der Waals surface area contributed by atoms with Crippen LogP contribution in [0.25, 0.3) is 0 Å². The van der Waals surface area contributed by atoms with Gasteiger partial charge < -0.3 is 15.4 Å². The van der Waals surface area contributed by atoms with Gasteiger partial charge in [0.25, 0.3) is 0 Å². The molecule has 0 amide bonds. The molecule has 0 saturated heterocycles. The Morgan fingerprint density at radius 3 is 2.74 bits per heavy atom. The number of rotatable bonds is 7. The molecule has 0 aliphatic heterocycles. The van der Waals surface area contributed by atoms with Crippen LogP contribution in [-0.2, 0) is 12.7 Å². The van der Waals surface area contributed by atoms with E-state index in [1.54, 1.807) is 19.1 Å². The summed E-state index contributed by atoms with van der Waals surface area (Å²) in [6, 6.07) is 5.82. The van der Waals surface area contributed by atoms with E-state index in [-0.39, 0.29) is 23.5 Å². The Morgan fingerprint density at radius 2 is 2.11 bits per heavy atom. The maximum atomic E-state index is 13.2. The van der Waals surface area contributed by atoms with Gasteiger partial charge in [-0.25, -0.2) is 14.4 Å². The fourth-order valence-electron chi connectivity index (χ4n) is 2.06. The monoisotopic (exact) mass is 404 g/mol. The summed E-state index contributed by atoms with van der Waals surface area (Å²) < 4.78 is 56.5. The molecule has 0 radical (unpaired) electrons. The standard InChI is InChI=1S/C17H20F4N4OS/c1-3-22-16(24-9-15-25-14(10-27-15)17(19,20)21)23-8-11(2)26-13-6-4-5-12(18)7-13/h4-7,10-11H,3,8-9H2,1-2H3,(H2,22,23,24). The van der Waals surface area contributed by atoms with Crippen molar-refractivity contribution in [1.29, 1.82) is 0 Å². The van der Waals surface area contributed by atoms with Crippen molar-refractivity contribution in [1.82, 2.24) is 15.6 Å². The predicted molar refractivity (Wildman–Crippen MR) is 96.4 cm³/mol. The maximum Gasteiger partial charge on any atom is 0.434 e. The number of benzene rings is 1. The Kier molecular flexibility index (Phi) is 7.40. The molecule has 1 aromatic heterocycles. The fourth-order valence-corrected chi connectivity index (χ4v) is 2.78. The van der Waals surface area contributed by atoms with Crippen LogP contribution in [-0.4, -0.2) is 30.1 Å². The highest BCUT2D eigenvalue weighted by atomic mass is 32.1. The zero-order valence-corrected chi connectivity index (χ0v) is 15.6. The number of guanidine groups is 1. The summed E-state index contributed by atoms with van der Waals surface area (Å²) in [6.45, 7) is 4.65. The molecule has 2 aromatic rings. The molecular formula is C17H20F4N4OS. The first-order valence-electron chi connectivity index (χ1n) is 8.24. The Bertz CT molecular complexity index is 763. The van der Waals surface area contributed by atoms with Gasteiger partial charge in [0, 0.05) is 18.0 Å². The van der Waals surface area contributed by atoms with E-state index in [0.717, 1.165) is 16.7 Å². The number of nitrogens with zero attached hydrogens (tertiary/aromatic N) is 2. The highest BCUT2D eigenvalue weighted by Gasteiger charge is 2.33. The number of ether oxygens (including phenoxy) is 1. The van der Waals surface area contributed by atoms with E-state index in [2.05, 4.69) is 20.6 Å². The average molecular weight is 404 g/mol. The van der Waals surface area contributed by atoms with Crippen molar-refractivity contribution in [3.8, 4) is 5.75 Å². The molecule has 0 fully saturated rings. The first-order valence-corrected chi connectivity index (χ1v) is 9.12. The lowest BCUT2D eigenvalue weighted by atomic mass is 10.3. The highest BCUT2D eigenvalue weighted by Crippen LogP contribution is 2.30. The minimum Gasteiger partial charge on any atom is -0.489 e. The van der Waals surface area contributed by atoms with Crippen LogP contribution in [0.15, 0.2) is 34.6 Å². The van der Waals surface area contributed by atoms with E-state index in [1.807, 2.05) is 6.92 Å². The van der Waals surface area contributed by atoms with E-state index in [0.29, 0.717) is 24.8 Å². The van der Waals surface area contributed by atoms with Crippen LogP contribution in [0, 0.1) is 5.82 Å². The smallest absolute Gasteiger partial charge is 0.434 e. The number of halogens is 4. The molecule has 2 N–H and O–H groups in total. The molecule has 1 aromatic carbocycles. The van der Waals surface area contributed by atoms with Gasteiger partial charge in [-0.15, -0.1) is 11.3 Å². The summed E-state index contributed by atoms with van der Waals surface area (Å²) in [5.41, 5.74) is -0.909. The van der Waals surface area contributed by atoms with Crippen LogP contribution in [0.5, 0.6) is 5.75 Å². The van der Waals surface area contributed by atoms with Gasteiger partial charge in [0.1, 0.15) is 22.7 Å². The predicted octanol–water partition coefficient (Wildman–Crippen LogP) is 3.82. The third kappa shape index (κ3) is 7.05. The Hall–Kier alpha value is -2.36. The van der Waals surface area contributed by atoms with E-state index in [1.165, 1.54) is 12.1 Å². The quantitative estimate of drug-likeness (QED) is 0.418. The SMILES string of the molecule is CCNC(=NCc1nc(C(F)(F)F)cs1)NCC(C)Oc1cccc(F)c1. The molecule has 1 atom stereocenters. The highest BCUT2D eigenvalue weighted by molar-refractivity contribution is 7.09. The zero-order valence-electron chi connectivity index (χ0n) is 14.8. The van der Waals surface area contributed by atoms with Crippen molar-refractivity contribution in [2.75, 3.05) is 13.1 Å². The lowest BCUT2D eigenvalue weighted by Gasteiger charge is -2.17. The van der Waals surface area contributed by atoms with Gasteiger partial charge >= 0.3 is 6.18 Å². The second-order valence-corrected chi connectivity index (χ2v) is 6.53. The van der Waals surface area contributed by atoms with Crippen LogP contribution in [0.4, 0.5) is 17.6 Å². The second-order valence-electron chi connectivity index (χ2n) is 5.59. The number of aromatic nitrogens is 1. The minimum atomic E-state index is -4.45. The molecule has 0 aliphatic rings. The first kappa shape index (κ1) is 20.9. The van der Waals surface area contributed by atoms with Crippen LogP contribution in [0.1, 0.15) is 24.5 Å². The van der Waals surface area contributed by atoms with E-state index in [4.69, 9.17) is 4.74 Å². The van der Waals surface area contributed by atoms with Crippen LogP contribution < -0.4 is 15.4 Å². The van der Waals surface area contributed by atoms with Gasteiger partial charge in [-0.1, -0.05) is 6.07 Å². The Labute approximate surface area is 158 Å². The number of nitrogens with one attached hydrogen (secondary N) is 2. The maximum absolute atomic E-state index is 13.2. The summed E-state index contributed by atoms with van der Waals surface area (Å²) in [4.78, 5) is 7.78. The third-order valence-electron chi connectivity index (χ3n) is 3.25. The third-order valence-corrected chi connectivity index (χ3v) is 4.08. The molecular weight excluding hydrogens is 384 g/mol. The molecule has 0 spiro atoms. The van der Waals surface area contributed by atoms with Gasteiger partial charge in [0.05, 0.1) is 13.1 Å². The Morgan fingerprint density at radius 1 is 1.33 bits per heavy atom. The van der Waals surface area contributed by atoms with E-state index < -0.39 is 11.9 Å². The van der Waals surface area contributed by atoms with Crippen molar-refractivity contribution >= 4 is 17.3 Å². The van der Waals surface area contributed by atoms with Crippen molar-refractivity contribution in [2.24, 2.45) is 4.99 Å². The first-order chi connectivity index (χ1) is 12.8. The van der Waals surface area contributed by atoms with Crippen LogP contribution >= 0.6 is 11.3 Å². The molecule has 0 saturated carbocycles. The van der Waals surface area contributed by atoms with Gasteiger partial charge in [-0.2, -0.15) is 13.2 Å². The average Bonchev–Trinajstić information content (AvgIpc) is 3.07. The number of aliphatic imine (C=N–C) groups is 1. The van der Waals surface area contributed by atoms with Crippen LogP contribution in [0.2, 0.25) is 0 Å². The van der Waals surface area contributed by atoms with Crippen molar-refractivity contribution in [3.05, 3.63) is 46.2 Å². The van der Waals surface area contributed by atoms with Gasteiger partial charge in [-0.05, 0) is 26.0 Å². The Balaban J connectivity index is 1.90. The van der Waals surface area contributed by atoms with E-state index in [9.17, 15) is 17.6 Å². The molecule has 1 heterocycles. The largest absolute Gasteiger partial charge is 0.489 e. The summed E-state index contributed by atoms with van der Waals surface area (Å²) in [5.74, 6) is 0.453. The van der Waals surface area contributed by atoms with E-state index >= 15 is 0 Å². The van der Waals surface area contributed by atoms with Gasteiger partial charge in [-0.3, -0.25) is 0 Å². The van der Waals surface area contributed by atoms with Crippen LogP contribution in [0.3, 0.4) is 0 Å². The number of hydrogen-bond donors (Lipinski definition) is 2. The van der Waals surface area contributed by atoms with Gasteiger partial charge in [0.2, 0.25) is 0 Å². The lowest BCUT2D eigenvalue weighted by Crippen LogP contribution is -2.41. The summed E-state index contributed by atoms with van der Waals surface area (Å²) >= 11 is 0.910. The molecule has 10 heteroatoms. The number of alkyl halides is 3. The summed E-state index contributed by atoms with van der Waals surface area (Å²) in [5, 5.41) is 7.27. The van der Waals surface area contributed by atoms with Gasteiger partial charge in [0.15, 0.2) is 11.7 Å². The fraction of sp³-hybridized carbons (Fsp3) is 0.412. The van der Waals surface area contributed by atoms with Crippen molar-refractivity contribution in [3.63, 3.8) is 0 Å². The lowest BCUT2D eigenvalue weighted by molar-refractivity contribution is -0.140. The topological polar surface area (TPSA) is 58.5 Å². The molecule has 2 rings (SSSR count). The molecule has 5 nitrogen and oxygen atoms in total. The molecule has 1 unspecified atom stereocenters. The molecule has 148 valence electrons. The number of hydrogen-bond acceptors (Lipinski definition) is 4. The molecule has 0 aliphatic carbocycles. The van der Waals surface area contributed by atoms with Crippen molar-refractivity contribution < 1.29 is 22.3 Å². The normalized spacial score (nSPS) is 13.3.